The third kappa shape index (κ3) is 3.13. The van der Waals surface area contributed by atoms with Crippen molar-refractivity contribution in [2.24, 2.45) is 0 Å². The first-order valence-electron chi connectivity index (χ1n) is 9.44. The highest BCUT2D eigenvalue weighted by Crippen LogP contribution is 2.38. The summed E-state index contributed by atoms with van der Waals surface area (Å²) in [7, 11) is 1.56. The standard InChI is InChI=1S/C23H16ClN3O3S/c1-12-7-16(24)19(30-2)8-15(12)20-9-17-21(31-20)22(28)27(23(29)26-17)18-11-25-10-13-5-3-4-6-14(13)18/h3-11H,1-2H3,(H,26,29). The van der Waals surface area contributed by atoms with Gasteiger partial charge in [0, 0.05) is 21.8 Å². The Bertz CT molecular complexity index is 1590. The Hall–Kier alpha value is -3.42. The van der Waals surface area contributed by atoms with Crippen molar-refractivity contribution in [2.45, 2.75) is 6.92 Å². The molecular formula is C23H16ClN3O3S. The summed E-state index contributed by atoms with van der Waals surface area (Å²) in [6.07, 6.45) is 3.24. The molecule has 2 aromatic carbocycles. The van der Waals surface area contributed by atoms with Crippen LogP contribution in [0.15, 0.2) is 64.4 Å². The number of hydrogen-bond donors (Lipinski definition) is 1. The fourth-order valence-electron chi connectivity index (χ4n) is 3.71. The van der Waals surface area contributed by atoms with Gasteiger partial charge in [-0.3, -0.25) is 9.78 Å². The van der Waals surface area contributed by atoms with E-state index in [2.05, 4.69) is 9.97 Å². The third-order valence-corrected chi connectivity index (χ3v) is 6.68. The van der Waals surface area contributed by atoms with E-state index in [1.807, 2.05) is 49.4 Å². The van der Waals surface area contributed by atoms with E-state index in [1.165, 1.54) is 17.5 Å². The van der Waals surface area contributed by atoms with Crippen molar-refractivity contribution in [1.29, 1.82) is 0 Å². The minimum absolute atomic E-state index is 0.383. The Labute approximate surface area is 185 Å². The predicted molar refractivity (Wildman–Crippen MR) is 125 cm³/mol. The second-order valence-corrected chi connectivity index (χ2v) is 8.57. The van der Waals surface area contributed by atoms with Crippen LogP contribution in [-0.2, 0) is 0 Å². The Morgan fingerprint density at radius 3 is 2.74 bits per heavy atom. The molecule has 0 unspecified atom stereocenters. The van der Waals surface area contributed by atoms with Gasteiger partial charge in [0.1, 0.15) is 10.4 Å². The molecular weight excluding hydrogens is 434 g/mol. The summed E-state index contributed by atoms with van der Waals surface area (Å²) in [5.74, 6) is 0.549. The molecule has 154 valence electrons. The third-order valence-electron chi connectivity index (χ3n) is 5.23. The maximum Gasteiger partial charge on any atom is 0.333 e. The molecule has 0 saturated carbocycles. The number of fused-ring (bicyclic) bond motifs is 2. The van der Waals surface area contributed by atoms with E-state index in [0.29, 0.717) is 26.7 Å². The molecule has 0 amide bonds. The van der Waals surface area contributed by atoms with Crippen molar-refractivity contribution in [3.05, 3.63) is 86.3 Å². The molecule has 31 heavy (non-hydrogen) atoms. The van der Waals surface area contributed by atoms with E-state index in [-0.39, 0.29) is 5.56 Å². The zero-order valence-electron chi connectivity index (χ0n) is 16.6. The van der Waals surface area contributed by atoms with Crippen LogP contribution in [0.5, 0.6) is 5.75 Å². The molecule has 0 aliphatic carbocycles. The van der Waals surface area contributed by atoms with Gasteiger partial charge in [0.05, 0.1) is 29.5 Å². The number of methoxy groups -OCH3 is 1. The van der Waals surface area contributed by atoms with Crippen LogP contribution in [0.3, 0.4) is 0 Å². The molecule has 5 aromatic rings. The van der Waals surface area contributed by atoms with Gasteiger partial charge in [0.25, 0.3) is 5.56 Å². The Balaban J connectivity index is 1.77. The average Bonchev–Trinajstić information content (AvgIpc) is 3.18. The van der Waals surface area contributed by atoms with Crippen molar-refractivity contribution >= 4 is 43.9 Å². The number of nitrogens with zero attached hydrogens (tertiary/aromatic N) is 2. The number of H-pyrrole nitrogens is 1. The molecule has 0 saturated heterocycles. The molecule has 3 aromatic heterocycles. The lowest BCUT2D eigenvalue weighted by atomic mass is 10.1. The number of nitrogens with one attached hydrogen (secondary N) is 1. The van der Waals surface area contributed by atoms with Crippen LogP contribution in [0.1, 0.15) is 5.56 Å². The fraction of sp³-hybridized carbons (Fsp3) is 0.0870. The number of ether oxygens (including phenoxy) is 1. The van der Waals surface area contributed by atoms with Crippen LogP contribution < -0.4 is 16.0 Å². The number of hydrogen-bond acceptors (Lipinski definition) is 5. The number of aromatic nitrogens is 3. The van der Waals surface area contributed by atoms with Gasteiger partial charge in [0.2, 0.25) is 0 Å². The molecule has 0 bridgehead atoms. The quantitative estimate of drug-likeness (QED) is 0.424. The van der Waals surface area contributed by atoms with Gasteiger partial charge >= 0.3 is 5.69 Å². The van der Waals surface area contributed by atoms with Crippen LogP contribution >= 0.6 is 22.9 Å². The highest BCUT2D eigenvalue weighted by atomic mass is 35.5. The molecule has 1 N–H and O–H groups in total. The highest BCUT2D eigenvalue weighted by molar-refractivity contribution is 7.22. The lowest BCUT2D eigenvalue weighted by Crippen LogP contribution is -2.33. The first-order chi connectivity index (χ1) is 15.0. The van der Waals surface area contributed by atoms with Gasteiger partial charge < -0.3 is 9.72 Å². The van der Waals surface area contributed by atoms with Crippen LogP contribution in [0, 0.1) is 6.92 Å². The van der Waals surface area contributed by atoms with Crippen molar-refractivity contribution in [3.63, 3.8) is 0 Å². The van der Waals surface area contributed by atoms with Crippen LogP contribution in [-0.4, -0.2) is 21.6 Å². The summed E-state index contributed by atoms with van der Waals surface area (Å²) < 4.78 is 6.94. The van der Waals surface area contributed by atoms with E-state index in [4.69, 9.17) is 16.3 Å². The topological polar surface area (TPSA) is 77.0 Å². The smallest absolute Gasteiger partial charge is 0.333 e. The van der Waals surface area contributed by atoms with Gasteiger partial charge in [0.15, 0.2) is 0 Å². The molecule has 0 radical (unpaired) electrons. The zero-order valence-corrected chi connectivity index (χ0v) is 18.2. The summed E-state index contributed by atoms with van der Waals surface area (Å²) in [5, 5.41) is 2.14. The second kappa shape index (κ2) is 7.37. The van der Waals surface area contributed by atoms with Gasteiger partial charge in [-0.2, -0.15) is 0 Å². The van der Waals surface area contributed by atoms with Gasteiger partial charge in [-0.1, -0.05) is 35.9 Å². The maximum absolute atomic E-state index is 13.4. The van der Waals surface area contributed by atoms with Crippen LogP contribution in [0.2, 0.25) is 5.02 Å². The second-order valence-electron chi connectivity index (χ2n) is 7.11. The van der Waals surface area contributed by atoms with Crippen molar-refractivity contribution in [2.75, 3.05) is 7.11 Å². The number of rotatable bonds is 3. The molecule has 0 aliphatic rings. The molecule has 8 heteroatoms. The largest absolute Gasteiger partial charge is 0.495 e. The first-order valence-corrected chi connectivity index (χ1v) is 10.6. The van der Waals surface area contributed by atoms with Crippen LogP contribution in [0.25, 0.3) is 37.1 Å². The highest BCUT2D eigenvalue weighted by Gasteiger charge is 2.17. The number of thiophene rings is 1. The molecule has 5 rings (SSSR count). The summed E-state index contributed by atoms with van der Waals surface area (Å²) >= 11 is 7.54. The van der Waals surface area contributed by atoms with Gasteiger partial charge in [-0.15, -0.1) is 11.3 Å². The Morgan fingerprint density at radius 2 is 1.94 bits per heavy atom. The summed E-state index contributed by atoms with van der Waals surface area (Å²) in [5.41, 5.74) is 1.88. The minimum Gasteiger partial charge on any atom is -0.495 e. The summed E-state index contributed by atoms with van der Waals surface area (Å²) in [4.78, 5) is 34.2. The first kappa shape index (κ1) is 19.5. The SMILES string of the molecule is COc1cc(-c2cc3[nH]c(=O)n(-c4cncc5ccccc45)c(=O)c3s2)c(C)cc1Cl. The lowest BCUT2D eigenvalue weighted by Gasteiger charge is -2.08. The van der Waals surface area contributed by atoms with E-state index < -0.39 is 5.69 Å². The molecule has 0 fully saturated rings. The Kier molecular flexibility index (Phi) is 4.64. The lowest BCUT2D eigenvalue weighted by molar-refractivity contribution is 0.415. The number of benzene rings is 2. The fourth-order valence-corrected chi connectivity index (χ4v) is 5.13. The average molecular weight is 450 g/mol. The Morgan fingerprint density at radius 1 is 1.13 bits per heavy atom. The van der Waals surface area contributed by atoms with Crippen molar-refractivity contribution in [3.8, 4) is 21.9 Å². The maximum atomic E-state index is 13.4. The summed E-state index contributed by atoms with van der Waals surface area (Å²) in [6, 6.07) is 13.0. The predicted octanol–water partition coefficient (Wildman–Crippen LogP) is 4.93. The molecule has 3 heterocycles. The van der Waals surface area contributed by atoms with Crippen molar-refractivity contribution in [1.82, 2.24) is 14.5 Å². The van der Waals surface area contributed by atoms with E-state index in [9.17, 15) is 9.59 Å². The molecule has 0 spiro atoms. The molecule has 0 atom stereocenters. The zero-order chi connectivity index (χ0) is 21.7. The minimum atomic E-state index is -0.509. The van der Waals surface area contributed by atoms with E-state index in [1.54, 1.807) is 13.3 Å². The van der Waals surface area contributed by atoms with Crippen LogP contribution in [0.4, 0.5) is 0 Å². The molecule has 6 nitrogen and oxygen atoms in total. The van der Waals surface area contributed by atoms with E-state index in [0.717, 1.165) is 31.3 Å². The number of aryl methyl sites for hydroxylation is 1. The van der Waals surface area contributed by atoms with Crippen molar-refractivity contribution < 1.29 is 4.74 Å². The van der Waals surface area contributed by atoms with Gasteiger partial charge in [-0.25, -0.2) is 9.36 Å². The summed E-state index contributed by atoms with van der Waals surface area (Å²) in [6.45, 7) is 1.94. The number of halogens is 1. The molecule has 0 aliphatic heterocycles. The monoisotopic (exact) mass is 449 g/mol. The van der Waals surface area contributed by atoms with Gasteiger partial charge in [-0.05, 0) is 36.2 Å². The number of pyridine rings is 1. The van der Waals surface area contributed by atoms with E-state index >= 15 is 0 Å². The normalized spacial score (nSPS) is 11.3. The number of aromatic amines is 1.